The lowest BCUT2D eigenvalue weighted by atomic mass is 9.93. The zero-order valence-corrected chi connectivity index (χ0v) is 13.8. The maximum atomic E-state index is 10.9. The molecule has 2 aromatic heterocycles. The molecule has 1 aliphatic heterocycles. The van der Waals surface area contributed by atoms with Gasteiger partial charge in [-0.1, -0.05) is 0 Å². The molecule has 3 rings (SSSR count). The van der Waals surface area contributed by atoms with Crippen LogP contribution in [0.5, 0.6) is 0 Å². The fourth-order valence-electron chi connectivity index (χ4n) is 3.06. The second-order valence-electron chi connectivity index (χ2n) is 5.86. The first-order chi connectivity index (χ1) is 10.9. The lowest BCUT2D eigenvalue weighted by Crippen LogP contribution is -2.37. The van der Waals surface area contributed by atoms with Crippen LogP contribution < -0.4 is 14.8 Å². The summed E-state index contributed by atoms with van der Waals surface area (Å²) >= 11 is 0. The molecule has 0 saturated carbocycles. The van der Waals surface area contributed by atoms with Crippen molar-refractivity contribution in [2.45, 2.75) is 19.3 Å². The Bertz CT molecular complexity index is 781. The number of aryl methyl sites for hydroxylation is 1. The van der Waals surface area contributed by atoms with Crippen LogP contribution in [0, 0.1) is 5.92 Å². The highest BCUT2D eigenvalue weighted by molar-refractivity contribution is 7.87. The Morgan fingerprint density at radius 2 is 2.09 bits per heavy atom. The van der Waals surface area contributed by atoms with Gasteiger partial charge in [-0.05, 0) is 25.2 Å². The van der Waals surface area contributed by atoms with Crippen molar-refractivity contribution in [2.75, 3.05) is 24.5 Å². The van der Waals surface area contributed by atoms with Gasteiger partial charge in [-0.3, -0.25) is 4.68 Å². The Morgan fingerprint density at radius 3 is 2.78 bits per heavy atom. The first kappa shape index (κ1) is 16.1. The van der Waals surface area contributed by atoms with Gasteiger partial charge >= 0.3 is 0 Å². The minimum atomic E-state index is -3.59. The SMILES string of the molecule is Cn1ncc2ncnc(N3CCC(CCNS(N)(=O)=O)CC3)c21. The summed E-state index contributed by atoms with van der Waals surface area (Å²) in [6.07, 6.45) is 6.11. The molecule has 0 amide bonds. The van der Waals surface area contributed by atoms with Crippen LogP contribution in [0.4, 0.5) is 5.82 Å². The van der Waals surface area contributed by atoms with E-state index in [1.807, 2.05) is 7.05 Å². The van der Waals surface area contributed by atoms with E-state index < -0.39 is 10.2 Å². The van der Waals surface area contributed by atoms with E-state index in [4.69, 9.17) is 5.14 Å². The van der Waals surface area contributed by atoms with Gasteiger partial charge in [0.1, 0.15) is 17.4 Å². The van der Waals surface area contributed by atoms with Crippen LogP contribution in [0.2, 0.25) is 0 Å². The summed E-state index contributed by atoms with van der Waals surface area (Å²) < 4.78 is 25.9. The second-order valence-corrected chi connectivity index (χ2v) is 7.24. The van der Waals surface area contributed by atoms with Crippen molar-refractivity contribution in [1.82, 2.24) is 24.5 Å². The fraction of sp³-hybridized carbons (Fsp3) is 0.615. The van der Waals surface area contributed by atoms with Gasteiger partial charge in [-0.25, -0.2) is 19.8 Å². The van der Waals surface area contributed by atoms with Crippen LogP contribution in [0.25, 0.3) is 11.0 Å². The van der Waals surface area contributed by atoms with Gasteiger partial charge in [-0.15, -0.1) is 0 Å². The molecule has 1 fully saturated rings. The van der Waals surface area contributed by atoms with E-state index in [9.17, 15) is 8.42 Å². The Hall–Kier alpha value is -1.78. The Balaban J connectivity index is 1.61. The Labute approximate surface area is 135 Å². The van der Waals surface area contributed by atoms with Crippen molar-refractivity contribution in [2.24, 2.45) is 18.1 Å². The monoisotopic (exact) mass is 339 g/mol. The summed E-state index contributed by atoms with van der Waals surface area (Å²) in [5.41, 5.74) is 1.79. The van der Waals surface area contributed by atoms with Gasteiger partial charge in [0.25, 0.3) is 10.2 Å². The number of nitrogens with one attached hydrogen (secondary N) is 1. The quantitative estimate of drug-likeness (QED) is 0.776. The Morgan fingerprint density at radius 1 is 1.35 bits per heavy atom. The summed E-state index contributed by atoms with van der Waals surface area (Å²) in [6, 6.07) is 0. The van der Waals surface area contributed by atoms with Crippen LogP contribution in [0.15, 0.2) is 12.5 Å². The number of hydrogen-bond donors (Lipinski definition) is 2. The summed E-state index contributed by atoms with van der Waals surface area (Å²) in [6.45, 7) is 2.16. The third-order valence-corrected chi connectivity index (χ3v) is 4.88. The number of piperidine rings is 1. The molecular weight excluding hydrogens is 318 g/mol. The van der Waals surface area contributed by atoms with Gasteiger partial charge in [0.05, 0.1) is 6.20 Å². The first-order valence-corrected chi connectivity index (χ1v) is 9.14. The van der Waals surface area contributed by atoms with E-state index in [2.05, 4.69) is 24.7 Å². The highest BCUT2D eigenvalue weighted by Gasteiger charge is 2.22. The topological polar surface area (TPSA) is 119 Å². The minimum Gasteiger partial charge on any atom is -0.355 e. The van der Waals surface area contributed by atoms with Crippen LogP contribution >= 0.6 is 0 Å². The number of hydrogen-bond acceptors (Lipinski definition) is 6. The number of fused-ring (bicyclic) bond motifs is 1. The van der Waals surface area contributed by atoms with Gasteiger partial charge < -0.3 is 4.90 Å². The lowest BCUT2D eigenvalue weighted by molar-refractivity contribution is 0.381. The van der Waals surface area contributed by atoms with E-state index in [0.29, 0.717) is 12.5 Å². The molecule has 0 aromatic carbocycles. The van der Waals surface area contributed by atoms with Crippen LogP contribution in [-0.4, -0.2) is 47.8 Å². The van der Waals surface area contributed by atoms with Gasteiger partial charge in [0.15, 0.2) is 5.82 Å². The van der Waals surface area contributed by atoms with E-state index in [-0.39, 0.29) is 0 Å². The maximum Gasteiger partial charge on any atom is 0.274 e. The third-order valence-electron chi connectivity index (χ3n) is 4.28. The van der Waals surface area contributed by atoms with E-state index in [1.54, 1.807) is 17.2 Å². The lowest BCUT2D eigenvalue weighted by Gasteiger charge is -2.33. The molecule has 126 valence electrons. The van der Waals surface area contributed by atoms with Crippen molar-refractivity contribution < 1.29 is 8.42 Å². The zero-order valence-electron chi connectivity index (χ0n) is 13.0. The van der Waals surface area contributed by atoms with Gasteiger partial charge in [-0.2, -0.15) is 13.5 Å². The normalized spacial score (nSPS) is 17.0. The molecule has 0 bridgehead atoms. The van der Waals surface area contributed by atoms with E-state index in [1.165, 1.54) is 0 Å². The summed E-state index contributed by atoms with van der Waals surface area (Å²) in [7, 11) is -1.70. The predicted molar refractivity (Wildman–Crippen MR) is 87.0 cm³/mol. The van der Waals surface area contributed by atoms with Gasteiger partial charge in [0.2, 0.25) is 0 Å². The van der Waals surface area contributed by atoms with Crippen LogP contribution in [-0.2, 0) is 17.3 Å². The molecule has 23 heavy (non-hydrogen) atoms. The molecule has 10 heteroatoms. The average molecular weight is 339 g/mol. The molecule has 0 radical (unpaired) electrons. The highest BCUT2D eigenvalue weighted by atomic mass is 32.2. The Kier molecular flexibility index (Phi) is 4.46. The fourth-order valence-corrected chi connectivity index (χ4v) is 3.46. The number of anilines is 1. The molecule has 3 N–H and O–H groups in total. The van der Waals surface area contributed by atoms with Crippen molar-refractivity contribution >= 4 is 27.1 Å². The van der Waals surface area contributed by atoms with Crippen LogP contribution in [0.3, 0.4) is 0 Å². The molecule has 1 saturated heterocycles. The van der Waals surface area contributed by atoms with Crippen LogP contribution in [0.1, 0.15) is 19.3 Å². The van der Waals surface area contributed by atoms with E-state index in [0.717, 1.165) is 49.2 Å². The molecular formula is C13H21N7O2S. The molecule has 1 aliphatic rings. The predicted octanol–water partition coefficient (Wildman–Crippen LogP) is -0.237. The summed E-state index contributed by atoms with van der Waals surface area (Å²) in [5, 5.41) is 9.18. The molecule has 0 atom stereocenters. The number of aromatic nitrogens is 4. The molecule has 2 aromatic rings. The second kappa shape index (κ2) is 6.38. The number of nitrogens with two attached hydrogens (primary N) is 1. The number of nitrogens with zero attached hydrogens (tertiary/aromatic N) is 5. The van der Waals surface area contributed by atoms with E-state index >= 15 is 0 Å². The standard InChI is InChI=1S/C13H21N7O2S/c1-19-12-11(8-17-19)15-9-16-13(12)20-6-3-10(4-7-20)2-5-18-23(14,21)22/h8-10,18H,2-7H2,1H3,(H2,14,21,22). The molecule has 0 spiro atoms. The molecule has 0 aliphatic carbocycles. The molecule has 9 nitrogen and oxygen atoms in total. The van der Waals surface area contributed by atoms with Gasteiger partial charge in [0, 0.05) is 26.7 Å². The van der Waals surface area contributed by atoms with Crippen molar-refractivity contribution in [3.63, 3.8) is 0 Å². The largest absolute Gasteiger partial charge is 0.355 e. The third kappa shape index (κ3) is 3.77. The maximum absolute atomic E-state index is 10.9. The summed E-state index contributed by atoms with van der Waals surface area (Å²) in [5.74, 6) is 1.40. The first-order valence-electron chi connectivity index (χ1n) is 7.59. The average Bonchev–Trinajstić information content (AvgIpc) is 2.89. The molecule has 0 unspecified atom stereocenters. The summed E-state index contributed by atoms with van der Waals surface area (Å²) in [4.78, 5) is 10.9. The van der Waals surface area contributed by atoms with Crippen molar-refractivity contribution in [1.29, 1.82) is 0 Å². The minimum absolute atomic E-state index is 0.392. The number of rotatable bonds is 5. The smallest absolute Gasteiger partial charge is 0.274 e. The molecule has 3 heterocycles. The van der Waals surface area contributed by atoms with Crippen molar-refractivity contribution in [3.8, 4) is 0 Å². The highest BCUT2D eigenvalue weighted by Crippen LogP contribution is 2.27. The zero-order chi connectivity index (χ0) is 16.4. The van der Waals surface area contributed by atoms with Crippen molar-refractivity contribution in [3.05, 3.63) is 12.5 Å².